The number of likely N-dealkylation sites (tertiary alicyclic amines) is 1. The summed E-state index contributed by atoms with van der Waals surface area (Å²) in [4.78, 5) is 25.4. The summed E-state index contributed by atoms with van der Waals surface area (Å²) in [5, 5.41) is 2.90. The lowest BCUT2D eigenvalue weighted by atomic mass is 10.2. The van der Waals surface area contributed by atoms with E-state index in [2.05, 4.69) is 5.32 Å². The molecule has 0 saturated carbocycles. The molecule has 2 atom stereocenters. The van der Waals surface area contributed by atoms with Gasteiger partial charge in [-0.15, -0.1) is 0 Å². The largest absolute Gasteiger partial charge is 0.480 e. The molecule has 1 saturated heterocycles. The summed E-state index contributed by atoms with van der Waals surface area (Å²) < 4.78 is 5.81. The van der Waals surface area contributed by atoms with Gasteiger partial charge in [-0.25, -0.2) is 0 Å². The number of nitrogens with one attached hydrogen (secondary N) is 1. The van der Waals surface area contributed by atoms with Crippen LogP contribution in [0.1, 0.15) is 25.3 Å². The molecule has 5 heteroatoms. The van der Waals surface area contributed by atoms with Crippen LogP contribution in [-0.4, -0.2) is 42.5 Å². The molecule has 1 aromatic carbocycles. The highest BCUT2D eigenvalue weighted by atomic mass is 16.5. The minimum atomic E-state index is -0.535. The number of aryl methyl sites for hydroxylation is 1. The predicted molar refractivity (Wildman–Crippen MR) is 80.1 cm³/mol. The molecule has 1 heterocycles. The van der Waals surface area contributed by atoms with Gasteiger partial charge in [0.25, 0.3) is 5.91 Å². The van der Waals surface area contributed by atoms with Crippen molar-refractivity contribution in [3.8, 4) is 5.75 Å². The van der Waals surface area contributed by atoms with Crippen molar-refractivity contribution < 1.29 is 14.3 Å². The molecular formula is C16H22N2O3. The fourth-order valence-corrected chi connectivity index (χ4v) is 2.42. The van der Waals surface area contributed by atoms with Crippen LogP contribution in [0.25, 0.3) is 0 Å². The second kappa shape index (κ2) is 6.61. The highest BCUT2D eigenvalue weighted by Crippen LogP contribution is 2.19. The SMILES string of the molecule is CC[C@H](Oc1ccccc1C)C(=O)N[C@@H]1CC(=O)N(C)C1. The number of amides is 2. The number of ether oxygens (including phenoxy) is 1. The van der Waals surface area contributed by atoms with Gasteiger partial charge in [0.05, 0.1) is 6.04 Å². The second-order valence-electron chi connectivity index (χ2n) is 5.46. The summed E-state index contributed by atoms with van der Waals surface area (Å²) in [5.74, 6) is 0.626. The number of likely N-dealkylation sites (N-methyl/N-ethyl adjacent to an activating group) is 1. The zero-order valence-corrected chi connectivity index (χ0v) is 12.8. The maximum absolute atomic E-state index is 12.3. The van der Waals surface area contributed by atoms with E-state index in [1.807, 2.05) is 38.1 Å². The van der Waals surface area contributed by atoms with Crippen molar-refractivity contribution in [2.45, 2.75) is 38.8 Å². The van der Waals surface area contributed by atoms with Gasteiger partial charge in [0.1, 0.15) is 5.75 Å². The lowest BCUT2D eigenvalue weighted by Gasteiger charge is -2.20. The van der Waals surface area contributed by atoms with Gasteiger partial charge >= 0.3 is 0 Å². The first kappa shape index (κ1) is 15.4. The molecule has 0 unspecified atom stereocenters. The monoisotopic (exact) mass is 290 g/mol. The van der Waals surface area contributed by atoms with Gasteiger partial charge in [-0.1, -0.05) is 25.1 Å². The number of benzene rings is 1. The van der Waals surface area contributed by atoms with E-state index in [-0.39, 0.29) is 17.9 Å². The van der Waals surface area contributed by atoms with E-state index in [4.69, 9.17) is 4.74 Å². The maximum Gasteiger partial charge on any atom is 0.261 e. The van der Waals surface area contributed by atoms with Crippen molar-refractivity contribution in [2.24, 2.45) is 0 Å². The Morgan fingerprint density at radius 2 is 2.19 bits per heavy atom. The van der Waals surface area contributed by atoms with Crippen molar-refractivity contribution in [3.05, 3.63) is 29.8 Å². The van der Waals surface area contributed by atoms with E-state index in [1.165, 1.54) is 0 Å². The van der Waals surface area contributed by atoms with Gasteiger partial charge in [0, 0.05) is 20.0 Å². The third-order valence-corrected chi connectivity index (χ3v) is 3.71. The van der Waals surface area contributed by atoms with E-state index >= 15 is 0 Å². The number of carbonyl (C=O) groups is 2. The Morgan fingerprint density at radius 3 is 2.76 bits per heavy atom. The van der Waals surface area contributed by atoms with Crippen molar-refractivity contribution in [3.63, 3.8) is 0 Å². The predicted octanol–water partition coefficient (Wildman–Crippen LogP) is 1.50. The van der Waals surface area contributed by atoms with E-state index in [1.54, 1.807) is 11.9 Å². The number of carbonyl (C=O) groups excluding carboxylic acids is 2. The first-order chi connectivity index (χ1) is 10.0. The molecule has 0 aromatic heterocycles. The summed E-state index contributed by atoms with van der Waals surface area (Å²) in [7, 11) is 1.75. The van der Waals surface area contributed by atoms with Crippen LogP contribution >= 0.6 is 0 Å². The molecule has 114 valence electrons. The van der Waals surface area contributed by atoms with Crippen molar-refractivity contribution in [1.29, 1.82) is 0 Å². The fourth-order valence-electron chi connectivity index (χ4n) is 2.42. The summed E-state index contributed by atoms with van der Waals surface area (Å²) >= 11 is 0. The van der Waals surface area contributed by atoms with Crippen LogP contribution < -0.4 is 10.1 Å². The Morgan fingerprint density at radius 1 is 1.48 bits per heavy atom. The molecule has 0 spiro atoms. The highest BCUT2D eigenvalue weighted by molar-refractivity contribution is 5.84. The number of rotatable bonds is 5. The molecule has 1 aliphatic heterocycles. The Bertz CT molecular complexity index is 530. The third kappa shape index (κ3) is 3.74. The van der Waals surface area contributed by atoms with Crippen LogP contribution in [0.2, 0.25) is 0 Å². The van der Waals surface area contributed by atoms with Gasteiger partial charge in [0.15, 0.2) is 6.10 Å². The molecule has 1 aliphatic rings. The minimum Gasteiger partial charge on any atom is -0.480 e. The average molecular weight is 290 g/mol. The Kier molecular flexibility index (Phi) is 4.83. The van der Waals surface area contributed by atoms with E-state index in [9.17, 15) is 9.59 Å². The minimum absolute atomic E-state index is 0.0631. The number of hydrogen-bond acceptors (Lipinski definition) is 3. The first-order valence-electron chi connectivity index (χ1n) is 7.28. The Labute approximate surface area is 125 Å². The summed E-state index contributed by atoms with van der Waals surface area (Å²) in [5.41, 5.74) is 1.000. The highest BCUT2D eigenvalue weighted by Gasteiger charge is 2.30. The molecule has 0 bridgehead atoms. The maximum atomic E-state index is 12.3. The third-order valence-electron chi connectivity index (χ3n) is 3.71. The van der Waals surface area contributed by atoms with Crippen molar-refractivity contribution >= 4 is 11.8 Å². The molecular weight excluding hydrogens is 268 g/mol. The molecule has 2 rings (SSSR count). The first-order valence-corrected chi connectivity index (χ1v) is 7.28. The van der Waals surface area contributed by atoms with Gasteiger partial charge < -0.3 is 15.0 Å². The van der Waals surface area contributed by atoms with Crippen LogP contribution in [0.4, 0.5) is 0 Å². The second-order valence-corrected chi connectivity index (χ2v) is 5.46. The lowest BCUT2D eigenvalue weighted by molar-refractivity contribution is -0.128. The molecule has 0 radical (unpaired) electrons. The smallest absolute Gasteiger partial charge is 0.261 e. The number of hydrogen-bond donors (Lipinski definition) is 1. The molecule has 1 fully saturated rings. The Hall–Kier alpha value is -2.04. The quantitative estimate of drug-likeness (QED) is 0.894. The Balaban J connectivity index is 1.96. The molecule has 0 aliphatic carbocycles. The van der Waals surface area contributed by atoms with Crippen LogP contribution in [0.3, 0.4) is 0 Å². The molecule has 1 N–H and O–H groups in total. The molecule has 2 amide bonds. The van der Waals surface area contributed by atoms with Crippen LogP contribution in [0, 0.1) is 6.92 Å². The van der Waals surface area contributed by atoms with Crippen molar-refractivity contribution in [2.75, 3.05) is 13.6 Å². The summed E-state index contributed by atoms with van der Waals surface area (Å²) in [6, 6.07) is 7.51. The van der Waals surface area contributed by atoms with Gasteiger partial charge in [0.2, 0.25) is 5.91 Å². The van der Waals surface area contributed by atoms with Crippen molar-refractivity contribution in [1.82, 2.24) is 10.2 Å². The van der Waals surface area contributed by atoms with Gasteiger partial charge in [-0.3, -0.25) is 9.59 Å². The zero-order chi connectivity index (χ0) is 15.4. The molecule has 5 nitrogen and oxygen atoms in total. The normalized spacial score (nSPS) is 19.5. The lowest BCUT2D eigenvalue weighted by Crippen LogP contribution is -2.44. The summed E-state index contributed by atoms with van der Waals surface area (Å²) in [6.07, 6.45) is 0.409. The van der Waals surface area contributed by atoms with Crippen LogP contribution in [0.5, 0.6) is 5.75 Å². The van der Waals surface area contributed by atoms with E-state index in [0.717, 1.165) is 11.3 Å². The van der Waals surface area contributed by atoms with Crippen LogP contribution in [-0.2, 0) is 9.59 Å². The van der Waals surface area contributed by atoms with E-state index < -0.39 is 6.10 Å². The standard InChI is InChI=1S/C16H22N2O3/c1-4-13(21-14-8-6-5-7-11(14)2)16(20)17-12-9-15(19)18(3)10-12/h5-8,12-13H,4,9-10H2,1-3H3,(H,17,20)/t12-,13+/m1/s1. The van der Waals surface area contributed by atoms with Gasteiger partial charge in [-0.05, 0) is 25.0 Å². The van der Waals surface area contributed by atoms with E-state index in [0.29, 0.717) is 19.4 Å². The zero-order valence-electron chi connectivity index (χ0n) is 12.8. The topological polar surface area (TPSA) is 58.6 Å². The van der Waals surface area contributed by atoms with Crippen LogP contribution in [0.15, 0.2) is 24.3 Å². The number of nitrogens with zero attached hydrogens (tertiary/aromatic N) is 1. The molecule has 1 aromatic rings. The van der Waals surface area contributed by atoms with Gasteiger partial charge in [-0.2, -0.15) is 0 Å². The molecule has 21 heavy (non-hydrogen) atoms. The average Bonchev–Trinajstić information content (AvgIpc) is 2.76. The summed E-state index contributed by atoms with van der Waals surface area (Å²) in [6.45, 7) is 4.42. The fraction of sp³-hybridized carbons (Fsp3) is 0.500. The number of para-hydroxylation sites is 1.